The molecule has 0 saturated carbocycles. The van der Waals surface area contributed by atoms with Crippen LogP contribution in [0.2, 0.25) is 5.02 Å². The molecule has 0 radical (unpaired) electrons. The van der Waals surface area contributed by atoms with Gasteiger partial charge in [0.2, 0.25) is 5.91 Å². The van der Waals surface area contributed by atoms with Crippen LogP contribution in [0.15, 0.2) is 24.4 Å². The first kappa shape index (κ1) is 20.4. The monoisotopic (exact) mass is 444 g/mol. The van der Waals surface area contributed by atoms with Crippen molar-refractivity contribution in [1.82, 2.24) is 20.7 Å². The predicted molar refractivity (Wildman–Crippen MR) is 112 cm³/mol. The van der Waals surface area contributed by atoms with E-state index in [2.05, 4.69) is 32.1 Å². The first-order valence-corrected chi connectivity index (χ1v) is 10.7. The first-order chi connectivity index (χ1) is 15.0. The minimum Gasteiger partial charge on any atom is -0.379 e. The minimum absolute atomic E-state index is 0.0734. The summed E-state index contributed by atoms with van der Waals surface area (Å²) >= 11 is 6.25. The second kappa shape index (κ2) is 7.88. The second-order valence-electron chi connectivity index (χ2n) is 8.30. The number of piperidine rings is 1. The Labute approximate surface area is 183 Å². The maximum absolute atomic E-state index is 14.7. The summed E-state index contributed by atoms with van der Waals surface area (Å²) in [4.78, 5) is 16.9. The summed E-state index contributed by atoms with van der Waals surface area (Å²) in [7, 11) is 0. The number of fused-ring (bicyclic) bond motifs is 2. The molecular weight excluding hydrogens is 423 g/mol. The molecule has 10 heteroatoms. The maximum Gasteiger partial charge on any atom is 0.228 e. The molecule has 162 valence electrons. The Morgan fingerprint density at radius 1 is 1.48 bits per heavy atom. The number of hydrogen-bond donors (Lipinski definition) is 3. The number of carbonyl (C=O) groups excluding carboxylic acids is 1. The van der Waals surface area contributed by atoms with Crippen LogP contribution in [-0.4, -0.2) is 53.4 Å². The highest BCUT2D eigenvalue weighted by atomic mass is 35.5. The molecule has 4 heterocycles. The average Bonchev–Trinajstić information content (AvgIpc) is 3.36. The lowest BCUT2D eigenvalue weighted by Crippen LogP contribution is -2.59. The van der Waals surface area contributed by atoms with Crippen LogP contribution in [0.25, 0.3) is 10.9 Å². The normalized spacial score (nSPS) is 30.7. The number of benzene rings is 1. The van der Waals surface area contributed by atoms with E-state index < -0.39 is 23.4 Å². The van der Waals surface area contributed by atoms with Gasteiger partial charge in [0.05, 0.1) is 35.6 Å². The molecule has 1 aromatic heterocycles. The van der Waals surface area contributed by atoms with Crippen LogP contribution in [-0.2, 0) is 9.53 Å². The number of nitrogens with zero attached hydrogens (tertiary/aromatic N) is 3. The smallest absolute Gasteiger partial charge is 0.228 e. The summed E-state index contributed by atoms with van der Waals surface area (Å²) in [5.74, 6) is -0.976. The molecule has 0 aliphatic carbocycles. The largest absolute Gasteiger partial charge is 0.379 e. The van der Waals surface area contributed by atoms with Crippen molar-refractivity contribution in [2.45, 2.75) is 37.0 Å². The van der Waals surface area contributed by atoms with E-state index in [1.807, 2.05) is 0 Å². The van der Waals surface area contributed by atoms with Crippen molar-refractivity contribution in [1.29, 1.82) is 5.26 Å². The van der Waals surface area contributed by atoms with Crippen molar-refractivity contribution in [2.75, 3.05) is 25.1 Å². The summed E-state index contributed by atoms with van der Waals surface area (Å²) in [6, 6.07) is 6.88. The van der Waals surface area contributed by atoms with Gasteiger partial charge in [-0.1, -0.05) is 11.6 Å². The number of pyridine rings is 1. The van der Waals surface area contributed by atoms with Gasteiger partial charge in [0.15, 0.2) is 5.82 Å². The SMILES string of the molecule is N#CC[C@@]1(N2NC(Nc3cc(F)c4nccc(Cl)c4c3)C3C(=O)NCCC32)CCOC1. The molecule has 5 rings (SSSR count). The number of rotatable bonds is 4. The Bertz CT molecular complexity index is 1070. The molecule has 3 aliphatic heterocycles. The lowest BCUT2D eigenvalue weighted by Gasteiger charge is -2.41. The van der Waals surface area contributed by atoms with Crippen molar-refractivity contribution < 1.29 is 13.9 Å². The van der Waals surface area contributed by atoms with Crippen molar-refractivity contribution in [3.63, 3.8) is 0 Å². The number of carbonyl (C=O) groups is 1. The zero-order chi connectivity index (χ0) is 21.6. The van der Waals surface area contributed by atoms with Crippen LogP contribution in [0.3, 0.4) is 0 Å². The third-order valence-corrected chi connectivity index (χ3v) is 6.82. The van der Waals surface area contributed by atoms with Gasteiger partial charge in [-0.2, -0.15) is 5.26 Å². The van der Waals surface area contributed by atoms with Crippen LogP contribution in [0.5, 0.6) is 0 Å². The second-order valence-corrected chi connectivity index (χ2v) is 8.71. The Hall–Kier alpha value is -2.51. The molecule has 2 aromatic rings. The lowest BCUT2D eigenvalue weighted by molar-refractivity contribution is -0.128. The number of aromatic nitrogens is 1. The van der Waals surface area contributed by atoms with Gasteiger partial charge in [-0.05, 0) is 31.0 Å². The van der Waals surface area contributed by atoms with Gasteiger partial charge in [-0.3, -0.25) is 9.78 Å². The van der Waals surface area contributed by atoms with Crippen molar-refractivity contribution in [2.24, 2.45) is 5.92 Å². The number of anilines is 1. The zero-order valence-electron chi connectivity index (χ0n) is 16.7. The molecule has 3 saturated heterocycles. The van der Waals surface area contributed by atoms with Gasteiger partial charge in [0.1, 0.15) is 11.7 Å². The maximum atomic E-state index is 14.7. The first-order valence-electron chi connectivity index (χ1n) is 10.3. The molecule has 4 atom stereocenters. The molecule has 1 aromatic carbocycles. The molecule has 3 unspecified atom stereocenters. The molecule has 3 fully saturated rings. The van der Waals surface area contributed by atoms with E-state index in [0.29, 0.717) is 48.7 Å². The topological polar surface area (TPSA) is 102 Å². The van der Waals surface area contributed by atoms with Gasteiger partial charge < -0.3 is 15.4 Å². The van der Waals surface area contributed by atoms with Gasteiger partial charge in [0, 0.05) is 36.5 Å². The van der Waals surface area contributed by atoms with E-state index in [9.17, 15) is 14.4 Å². The summed E-state index contributed by atoms with van der Waals surface area (Å²) in [6.45, 7) is 1.57. The van der Waals surface area contributed by atoms with E-state index >= 15 is 0 Å². The number of halogens is 2. The molecule has 0 bridgehead atoms. The molecule has 0 spiro atoms. The minimum atomic E-state index is -0.493. The highest BCUT2D eigenvalue weighted by Gasteiger charge is 2.55. The van der Waals surface area contributed by atoms with Crippen LogP contribution < -0.4 is 16.1 Å². The number of hydrogen-bond acceptors (Lipinski definition) is 7. The Balaban J connectivity index is 1.49. The summed E-state index contributed by atoms with van der Waals surface area (Å²) in [5.41, 5.74) is 3.62. The van der Waals surface area contributed by atoms with E-state index in [1.165, 1.54) is 12.3 Å². The van der Waals surface area contributed by atoms with Crippen LogP contribution in [0.1, 0.15) is 19.3 Å². The number of hydrazine groups is 1. The summed E-state index contributed by atoms with van der Waals surface area (Å²) < 4.78 is 20.3. The Kier molecular flexibility index (Phi) is 5.18. The highest BCUT2D eigenvalue weighted by Crippen LogP contribution is 2.39. The molecule has 8 nitrogen and oxygen atoms in total. The predicted octanol–water partition coefficient (Wildman–Crippen LogP) is 2.16. The fourth-order valence-electron chi connectivity index (χ4n) is 5.02. The van der Waals surface area contributed by atoms with Crippen LogP contribution in [0.4, 0.5) is 10.1 Å². The summed E-state index contributed by atoms with van der Waals surface area (Å²) in [6.07, 6.45) is 2.73. The van der Waals surface area contributed by atoms with E-state index in [1.54, 1.807) is 12.1 Å². The fraction of sp³-hybridized carbons (Fsp3) is 0.476. The van der Waals surface area contributed by atoms with Gasteiger partial charge >= 0.3 is 0 Å². The van der Waals surface area contributed by atoms with Crippen molar-refractivity contribution in [3.05, 3.63) is 35.2 Å². The fourth-order valence-corrected chi connectivity index (χ4v) is 5.22. The van der Waals surface area contributed by atoms with Crippen LogP contribution >= 0.6 is 11.6 Å². The van der Waals surface area contributed by atoms with Crippen LogP contribution in [0, 0.1) is 23.1 Å². The van der Waals surface area contributed by atoms with Gasteiger partial charge in [0.25, 0.3) is 0 Å². The lowest BCUT2D eigenvalue weighted by atomic mass is 9.86. The average molecular weight is 445 g/mol. The molecule has 1 amide bonds. The van der Waals surface area contributed by atoms with E-state index in [4.69, 9.17) is 16.3 Å². The highest BCUT2D eigenvalue weighted by molar-refractivity contribution is 6.35. The number of nitrogens with one attached hydrogen (secondary N) is 3. The molecule has 31 heavy (non-hydrogen) atoms. The van der Waals surface area contributed by atoms with E-state index in [0.717, 1.165) is 6.42 Å². The Morgan fingerprint density at radius 3 is 3.13 bits per heavy atom. The standard InChI is InChI=1S/C21H22ClFN6O2/c22-14-1-6-25-18-13(14)9-12(10-15(18)23)27-19-17-16(2-7-26-20(17)30)29(28-19)21(3-5-24)4-8-31-11-21/h1,6,9-10,16-17,19,27-28H,2-4,7-8,11H2,(H,26,30)/t16?,17?,19?,21-/m1/s1. The molecule has 3 aliphatic rings. The van der Waals surface area contributed by atoms with Gasteiger partial charge in [-0.15, -0.1) is 0 Å². The molecular formula is C21H22ClFN6O2. The third-order valence-electron chi connectivity index (χ3n) is 6.49. The van der Waals surface area contributed by atoms with Gasteiger partial charge in [-0.25, -0.2) is 14.8 Å². The quantitative estimate of drug-likeness (QED) is 0.664. The van der Waals surface area contributed by atoms with E-state index in [-0.39, 0.29) is 17.5 Å². The Morgan fingerprint density at radius 2 is 2.35 bits per heavy atom. The van der Waals surface area contributed by atoms with Crippen molar-refractivity contribution in [3.8, 4) is 6.07 Å². The number of ether oxygens (including phenoxy) is 1. The number of amides is 1. The molecule has 3 N–H and O–H groups in total. The number of nitriles is 1. The zero-order valence-corrected chi connectivity index (χ0v) is 17.5. The van der Waals surface area contributed by atoms with Crippen molar-refractivity contribution >= 4 is 34.1 Å². The third kappa shape index (κ3) is 3.40. The summed E-state index contributed by atoms with van der Waals surface area (Å²) in [5, 5.41) is 18.6.